The molecule has 7 heteroatoms. The minimum Gasteiger partial charge on any atom is -0.394 e. The third kappa shape index (κ3) is 2.42. The number of halogens is 1. The molecule has 4 N–H and O–H groups in total. The first-order valence-corrected chi connectivity index (χ1v) is 5.55. The van der Waals surface area contributed by atoms with Gasteiger partial charge in [0.2, 0.25) is 0 Å². The van der Waals surface area contributed by atoms with E-state index in [-0.39, 0.29) is 6.61 Å². The number of nitrogen functional groups attached to an aromatic ring is 1. The van der Waals surface area contributed by atoms with Crippen molar-refractivity contribution in [3.63, 3.8) is 0 Å². The van der Waals surface area contributed by atoms with Crippen molar-refractivity contribution in [1.82, 2.24) is 9.97 Å². The third-order valence-corrected chi connectivity index (χ3v) is 3.25. The predicted octanol–water partition coefficient (Wildman–Crippen LogP) is 0.732. The van der Waals surface area contributed by atoms with Crippen molar-refractivity contribution in [3.05, 3.63) is 10.8 Å². The Morgan fingerprint density at radius 1 is 1.56 bits per heavy atom. The van der Waals surface area contributed by atoms with Crippen molar-refractivity contribution >= 4 is 27.6 Å². The van der Waals surface area contributed by atoms with Crippen LogP contribution in [0.4, 0.5) is 11.6 Å². The van der Waals surface area contributed by atoms with Gasteiger partial charge < -0.3 is 15.4 Å². The van der Waals surface area contributed by atoms with Crippen LogP contribution in [-0.2, 0) is 0 Å². The van der Waals surface area contributed by atoms with Crippen LogP contribution in [0.2, 0.25) is 0 Å². The van der Waals surface area contributed by atoms with Crippen LogP contribution in [0.3, 0.4) is 0 Å². The number of aromatic nitrogens is 2. The molecule has 1 aromatic heterocycles. The summed E-state index contributed by atoms with van der Waals surface area (Å²) in [6.07, 6.45) is 1.42. The number of rotatable bonds is 4. The molecule has 0 atom stereocenters. The highest BCUT2D eigenvalue weighted by atomic mass is 79.9. The van der Waals surface area contributed by atoms with Crippen LogP contribution in [0.25, 0.3) is 0 Å². The van der Waals surface area contributed by atoms with E-state index in [1.807, 2.05) is 25.8 Å². The molecule has 0 radical (unpaired) electrons. The highest BCUT2D eigenvalue weighted by Crippen LogP contribution is 2.31. The van der Waals surface area contributed by atoms with Gasteiger partial charge in [0.15, 0.2) is 5.82 Å². The highest BCUT2D eigenvalue weighted by molar-refractivity contribution is 9.10. The maximum Gasteiger partial charge on any atom is 0.159 e. The van der Waals surface area contributed by atoms with E-state index in [1.165, 1.54) is 6.33 Å². The van der Waals surface area contributed by atoms with Crippen LogP contribution >= 0.6 is 15.9 Å². The second-order valence-electron chi connectivity index (χ2n) is 4.03. The normalized spacial score (nSPS) is 11.4. The monoisotopic (exact) mass is 289 g/mol. The van der Waals surface area contributed by atoms with E-state index in [2.05, 4.69) is 31.3 Å². The van der Waals surface area contributed by atoms with Crippen LogP contribution in [0.1, 0.15) is 13.8 Å². The summed E-state index contributed by atoms with van der Waals surface area (Å²) in [5, 5.41) is 9.30. The molecular formula is C9H16BrN5O. The summed E-state index contributed by atoms with van der Waals surface area (Å²) in [5.74, 6) is 6.50. The van der Waals surface area contributed by atoms with E-state index in [4.69, 9.17) is 5.84 Å². The molecule has 90 valence electrons. The Morgan fingerprint density at radius 3 is 2.69 bits per heavy atom. The SMILES string of the molecule is CN(c1ncnc(NN)c1Br)C(C)(C)CO. The van der Waals surface area contributed by atoms with E-state index < -0.39 is 5.54 Å². The molecule has 1 heterocycles. The third-order valence-electron chi connectivity index (χ3n) is 2.52. The molecule has 6 nitrogen and oxygen atoms in total. The number of likely N-dealkylation sites (N-methyl/N-ethyl adjacent to an activating group) is 1. The minimum atomic E-state index is -0.414. The second-order valence-corrected chi connectivity index (χ2v) is 4.83. The Morgan fingerprint density at radius 2 is 2.19 bits per heavy atom. The van der Waals surface area contributed by atoms with Crippen molar-refractivity contribution < 1.29 is 5.11 Å². The summed E-state index contributed by atoms with van der Waals surface area (Å²) in [6.45, 7) is 3.85. The number of anilines is 2. The molecule has 0 aliphatic carbocycles. The van der Waals surface area contributed by atoms with Crippen molar-refractivity contribution in [2.75, 3.05) is 24.0 Å². The number of nitrogens with zero attached hydrogens (tertiary/aromatic N) is 3. The second kappa shape index (κ2) is 4.94. The summed E-state index contributed by atoms with van der Waals surface area (Å²) in [6, 6.07) is 0. The van der Waals surface area contributed by atoms with Crippen molar-refractivity contribution in [2.24, 2.45) is 5.84 Å². The Balaban J connectivity index is 3.14. The fraction of sp³-hybridized carbons (Fsp3) is 0.556. The minimum absolute atomic E-state index is 0.0192. The molecular weight excluding hydrogens is 274 g/mol. The fourth-order valence-corrected chi connectivity index (χ4v) is 1.67. The van der Waals surface area contributed by atoms with Gasteiger partial charge in [0, 0.05) is 7.05 Å². The van der Waals surface area contributed by atoms with Gasteiger partial charge >= 0.3 is 0 Å². The largest absolute Gasteiger partial charge is 0.394 e. The molecule has 0 aromatic carbocycles. The lowest BCUT2D eigenvalue weighted by molar-refractivity contribution is 0.215. The van der Waals surface area contributed by atoms with E-state index >= 15 is 0 Å². The summed E-state index contributed by atoms with van der Waals surface area (Å²) < 4.78 is 0.668. The van der Waals surface area contributed by atoms with E-state index in [0.29, 0.717) is 16.1 Å². The first kappa shape index (κ1) is 13.1. The molecule has 0 aliphatic rings. The summed E-state index contributed by atoms with van der Waals surface area (Å²) in [5.41, 5.74) is 2.06. The topological polar surface area (TPSA) is 87.3 Å². The van der Waals surface area contributed by atoms with Gasteiger partial charge in [0.1, 0.15) is 16.6 Å². The molecule has 0 aliphatic heterocycles. The van der Waals surface area contributed by atoms with Gasteiger partial charge in [-0.05, 0) is 29.8 Å². The van der Waals surface area contributed by atoms with Crippen LogP contribution in [0, 0.1) is 0 Å². The maximum atomic E-state index is 9.30. The zero-order chi connectivity index (χ0) is 12.3. The van der Waals surface area contributed by atoms with Crippen LogP contribution in [0.15, 0.2) is 10.8 Å². The van der Waals surface area contributed by atoms with Gasteiger partial charge in [-0.2, -0.15) is 0 Å². The molecule has 16 heavy (non-hydrogen) atoms. The summed E-state index contributed by atoms with van der Waals surface area (Å²) >= 11 is 3.37. The number of hydrogen-bond donors (Lipinski definition) is 3. The van der Waals surface area contributed by atoms with Gasteiger partial charge in [-0.25, -0.2) is 15.8 Å². The van der Waals surface area contributed by atoms with Crippen molar-refractivity contribution in [1.29, 1.82) is 0 Å². The Labute approximate surface area is 103 Å². The van der Waals surface area contributed by atoms with E-state index in [9.17, 15) is 5.11 Å². The average Bonchev–Trinajstić information content (AvgIpc) is 2.28. The van der Waals surface area contributed by atoms with Crippen LogP contribution in [-0.4, -0.2) is 34.3 Å². The van der Waals surface area contributed by atoms with Gasteiger partial charge in [-0.1, -0.05) is 0 Å². The Hall–Kier alpha value is -0.920. The lowest BCUT2D eigenvalue weighted by Crippen LogP contribution is -2.45. The molecule has 0 amide bonds. The number of nitrogens with two attached hydrogens (primary N) is 1. The smallest absolute Gasteiger partial charge is 0.159 e. The summed E-state index contributed by atoms with van der Waals surface area (Å²) in [7, 11) is 1.85. The standard InChI is InChI=1S/C9H16BrN5O/c1-9(2,4-16)15(3)8-6(10)7(14-11)12-5-13-8/h5,16H,4,11H2,1-3H3,(H,12,13,14). The number of hydrazine groups is 1. The molecule has 0 saturated heterocycles. The average molecular weight is 290 g/mol. The van der Waals surface area contributed by atoms with E-state index in [1.54, 1.807) is 0 Å². The first-order chi connectivity index (χ1) is 7.44. The van der Waals surface area contributed by atoms with Gasteiger partial charge in [0.25, 0.3) is 0 Å². The Kier molecular flexibility index (Phi) is 4.06. The number of hydrogen-bond acceptors (Lipinski definition) is 6. The van der Waals surface area contributed by atoms with Crippen molar-refractivity contribution in [3.8, 4) is 0 Å². The fourth-order valence-electron chi connectivity index (χ4n) is 1.09. The highest BCUT2D eigenvalue weighted by Gasteiger charge is 2.26. The van der Waals surface area contributed by atoms with Crippen LogP contribution in [0.5, 0.6) is 0 Å². The Bertz CT molecular complexity index is 371. The number of aliphatic hydroxyl groups excluding tert-OH is 1. The molecule has 0 unspecified atom stereocenters. The lowest BCUT2D eigenvalue weighted by Gasteiger charge is -2.35. The van der Waals surface area contributed by atoms with Crippen LogP contribution < -0.4 is 16.2 Å². The molecule has 0 bridgehead atoms. The van der Waals surface area contributed by atoms with Gasteiger partial charge in [-0.3, -0.25) is 0 Å². The first-order valence-electron chi connectivity index (χ1n) is 4.76. The molecule has 0 saturated carbocycles. The molecule has 1 aromatic rings. The molecule has 1 rings (SSSR count). The lowest BCUT2D eigenvalue weighted by atomic mass is 10.1. The quantitative estimate of drug-likeness (QED) is 0.560. The maximum absolute atomic E-state index is 9.30. The van der Waals surface area contributed by atoms with E-state index in [0.717, 1.165) is 0 Å². The van der Waals surface area contributed by atoms with Gasteiger partial charge in [-0.15, -0.1) is 0 Å². The summed E-state index contributed by atoms with van der Waals surface area (Å²) in [4.78, 5) is 9.99. The number of aliphatic hydroxyl groups is 1. The molecule has 0 fully saturated rings. The zero-order valence-electron chi connectivity index (χ0n) is 9.53. The number of nitrogens with one attached hydrogen (secondary N) is 1. The van der Waals surface area contributed by atoms with Gasteiger partial charge in [0.05, 0.1) is 12.1 Å². The zero-order valence-corrected chi connectivity index (χ0v) is 11.1. The predicted molar refractivity (Wildman–Crippen MR) is 67.1 cm³/mol. The van der Waals surface area contributed by atoms with Crippen molar-refractivity contribution in [2.45, 2.75) is 19.4 Å². The molecule has 0 spiro atoms.